The SMILES string of the molecule is CN1CCN([C@@H]2CCN(C(=O)NC(c3ccccc3)c3ccccc3)C2)CC1. The molecule has 0 bridgehead atoms. The molecule has 2 aliphatic heterocycles. The van der Waals surface area contributed by atoms with Gasteiger partial charge >= 0.3 is 6.03 Å². The number of amides is 2. The van der Waals surface area contributed by atoms with Gasteiger partial charge < -0.3 is 15.1 Å². The lowest BCUT2D eigenvalue weighted by atomic mass is 9.99. The molecule has 148 valence electrons. The van der Waals surface area contributed by atoms with Gasteiger partial charge in [-0.2, -0.15) is 0 Å². The van der Waals surface area contributed by atoms with Crippen LogP contribution in [0.1, 0.15) is 23.6 Å². The third-order valence-electron chi connectivity index (χ3n) is 6.04. The van der Waals surface area contributed by atoms with Crippen molar-refractivity contribution in [2.75, 3.05) is 46.3 Å². The normalized spacial score (nSPS) is 21.2. The average molecular weight is 379 g/mol. The fourth-order valence-electron chi connectivity index (χ4n) is 4.28. The van der Waals surface area contributed by atoms with Gasteiger partial charge in [0.15, 0.2) is 0 Å². The molecule has 2 aromatic carbocycles. The van der Waals surface area contributed by atoms with E-state index in [0.717, 1.165) is 56.8 Å². The van der Waals surface area contributed by atoms with Crippen molar-refractivity contribution in [3.63, 3.8) is 0 Å². The number of hydrogen-bond acceptors (Lipinski definition) is 3. The van der Waals surface area contributed by atoms with E-state index in [4.69, 9.17) is 0 Å². The summed E-state index contributed by atoms with van der Waals surface area (Å²) in [6.45, 7) is 6.10. The fraction of sp³-hybridized carbons (Fsp3) is 0.435. The predicted molar refractivity (Wildman–Crippen MR) is 112 cm³/mol. The second kappa shape index (κ2) is 8.76. The molecule has 2 saturated heterocycles. The minimum Gasteiger partial charge on any atom is -0.327 e. The van der Waals surface area contributed by atoms with E-state index in [9.17, 15) is 4.79 Å². The standard InChI is InChI=1S/C23H30N4O/c1-25-14-16-26(17-15-25)21-12-13-27(18-21)23(28)24-22(19-8-4-2-5-9-19)20-10-6-3-7-11-20/h2-11,21-22H,12-18H2,1H3,(H,24,28)/t21-/m1/s1. The number of nitrogens with one attached hydrogen (secondary N) is 1. The number of hydrogen-bond donors (Lipinski definition) is 1. The molecule has 2 amide bonds. The van der Waals surface area contributed by atoms with Crippen molar-refractivity contribution in [3.05, 3.63) is 71.8 Å². The van der Waals surface area contributed by atoms with E-state index >= 15 is 0 Å². The first-order chi connectivity index (χ1) is 13.7. The maximum Gasteiger partial charge on any atom is 0.318 e. The number of carbonyl (C=O) groups excluding carboxylic acids is 1. The Balaban J connectivity index is 1.42. The van der Waals surface area contributed by atoms with Gasteiger partial charge in [0.1, 0.15) is 0 Å². The first kappa shape index (κ1) is 19.0. The first-order valence-electron chi connectivity index (χ1n) is 10.3. The summed E-state index contributed by atoms with van der Waals surface area (Å²) < 4.78 is 0. The zero-order valence-corrected chi connectivity index (χ0v) is 16.6. The summed E-state index contributed by atoms with van der Waals surface area (Å²) in [6, 6.07) is 20.8. The molecule has 0 radical (unpaired) electrons. The van der Waals surface area contributed by atoms with Crippen molar-refractivity contribution in [1.82, 2.24) is 20.0 Å². The molecular formula is C23H30N4O. The molecular weight excluding hydrogens is 348 g/mol. The molecule has 4 rings (SSSR count). The maximum atomic E-state index is 13.1. The summed E-state index contributed by atoms with van der Waals surface area (Å²) in [6.07, 6.45) is 1.07. The van der Waals surface area contributed by atoms with Crippen molar-refractivity contribution >= 4 is 6.03 Å². The summed E-state index contributed by atoms with van der Waals surface area (Å²) in [5, 5.41) is 3.28. The Labute approximate surface area is 167 Å². The highest BCUT2D eigenvalue weighted by Gasteiger charge is 2.32. The van der Waals surface area contributed by atoms with Gasteiger partial charge in [-0.1, -0.05) is 60.7 Å². The molecule has 0 unspecified atom stereocenters. The lowest BCUT2D eigenvalue weighted by Gasteiger charge is -2.36. The van der Waals surface area contributed by atoms with Gasteiger partial charge in [-0.25, -0.2) is 4.79 Å². The zero-order chi connectivity index (χ0) is 19.3. The van der Waals surface area contributed by atoms with Gasteiger partial charge in [0.2, 0.25) is 0 Å². The first-order valence-corrected chi connectivity index (χ1v) is 10.3. The Hall–Kier alpha value is -2.37. The van der Waals surface area contributed by atoms with E-state index in [-0.39, 0.29) is 12.1 Å². The molecule has 0 saturated carbocycles. The number of nitrogens with zero attached hydrogens (tertiary/aromatic N) is 3. The van der Waals surface area contributed by atoms with Gasteiger partial charge in [0, 0.05) is 45.3 Å². The van der Waals surface area contributed by atoms with Gasteiger partial charge in [0.05, 0.1) is 6.04 Å². The van der Waals surface area contributed by atoms with Crippen LogP contribution in [0.25, 0.3) is 0 Å². The maximum absolute atomic E-state index is 13.1. The van der Waals surface area contributed by atoms with Crippen molar-refractivity contribution in [1.29, 1.82) is 0 Å². The van der Waals surface area contributed by atoms with Crippen LogP contribution in [0.5, 0.6) is 0 Å². The molecule has 2 aromatic rings. The highest BCUT2D eigenvalue weighted by molar-refractivity contribution is 5.75. The zero-order valence-electron chi connectivity index (χ0n) is 16.6. The molecule has 0 aliphatic carbocycles. The van der Waals surface area contributed by atoms with Crippen LogP contribution < -0.4 is 5.32 Å². The number of rotatable bonds is 4. The average Bonchev–Trinajstić information content (AvgIpc) is 3.24. The second-order valence-corrected chi connectivity index (χ2v) is 7.93. The minimum atomic E-state index is -0.127. The van der Waals surface area contributed by atoms with Crippen LogP contribution in [0.3, 0.4) is 0 Å². The van der Waals surface area contributed by atoms with E-state index in [1.54, 1.807) is 0 Å². The monoisotopic (exact) mass is 378 g/mol. The third kappa shape index (κ3) is 4.37. The molecule has 5 nitrogen and oxygen atoms in total. The lowest BCUT2D eigenvalue weighted by molar-refractivity contribution is 0.114. The molecule has 28 heavy (non-hydrogen) atoms. The van der Waals surface area contributed by atoms with Crippen LogP contribution in [0.15, 0.2) is 60.7 Å². The molecule has 2 aliphatic rings. The lowest BCUT2D eigenvalue weighted by Crippen LogP contribution is -2.50. The molecule has 0 aromatic heterocycles. The van der Waals surface area contributed by atoms with E-state index in [1.807, 2.05) is 41.3 Å². The Morgan fingerprint density at radius 3 is 2.04 bits per heavy atom. The molecule has 2 heterocycles. The van der Waals surface area contributed by atoms with Crippen molar-refractivity contribution < 1.29 is 4.79 Å². The number of urea groups is 1. The van der Waals surface area contributed by atoms with Crippen molar-refractivity contribution in [2.24, 2.45) is 0 Å². The van der Waals surface area contributed by atoms with E-state index in [1.165, 1.54) is 0 Å². The molecule has 1 atom stereocenters. The number of benzene rings is 2. The van der Waals surface area contributed by atoms with Crippen LogP contribution in [-0.4, -0.2) is 73.1 Å². The summed E-state index contributed by atoms with van der Waals surface area (Å²) in [4.78, 5) is 20.0. The number of piperazine rings is 1. The summed E-state index contributed by atoms with van der Waals surface area (Å²) >= 11 is 0. The Morgan fingerprint density at radius 2 is 1.46 bits per heavy atom. The van der Waals surface area contributed by atoms with Gasteiger partial charge in [-0.3, -0.25) is 4.90 Å². The molecule has 0 spiro atoms. The third-order valence-corrected chi connectivity index (χ3v) is 6.04. The van der Waals surface area contributed by atoms with Crippen LogP contribution in [0.2, 0.25) is 0 Å². The number of likely N-dealkylation sites (N-methyl/N-ethyl adjacent to an activating group) is 1. The van der Waals surface area contributed by atoms with E-state index in [2.05, 4.69) is 46.4 Å². The second-order valence-electron chi connectivity index (χ2n) is 7.93. The van der Waals surface area contributed by atoms with Crippen LogP contribution in [0.4, 0.5) is 4.79 Å². The van der Waals surface area contributed by atoms with Gasteiger partial charge in [-0.15, -0.1) is 0 Å². The summed E-state index contributed by atoms with van der Waals surface area (Å²) in [7, 11) is 2.18. The van der Waals surface area contributed by atoms with Crippen molar-refractivity contribution in [2.45, 2.75) is 18.5 Å². The molecule has 2 fully saturated rings. The van der Waals surface area contributed by atoms with Crippen LogP contribution >= 0.6 is 0 Å². The quantitative estimate of drug-likeness (QED) is 0.889. The van der Waals surface area contributed by atoms with Gasteiger partial charge in [-0.05, 0) is 24.6 Å². The van der Waals surface area contributed by atoms with Crippen LogP contribution in [0, 0.1) is 0 Å². The number of likely N-dealkylation sites (tertiary alicyclic amines) is 1. The number of carbonyl (C=O) groups is 1. The fourth-order valence-corrected chi connectivity index (χ4v) is 4.28. The Morgan fingerprint density at radius 1 is 0.893 bits per heavy atom. The van der Waals surface area contributed by atoms with Crippen molar-refractivity contribution in [3.8, 4) is 0 Å². The Kier molecular flexibility index (Phi) is 5.93. The Bertz CT molecular complexity index is 719. The minimum absolute atomic E-state index is 0.0364. The molecule has 1 N–H and O–H groups in total. The predicted octanol–water partition coefficient (Wildman–Crippen LogP) is 2.81. The molecule has 5 heteroatoms. The highest BCUT2D eigenvalue weighted by Crippen LogP contribution is 2.23. The topological polar surface area (TPSA) is 38.8 Å². The summed E-state index contributed by atoms with van der Waals surface area (Å²) in [5.74, 6) is 0. The highest BCUT2D eigenvalue weighted by atomic mass is 16.2. The van der Waals surface area contributed by atoms with E-state index < -0.39 is 0 Å². The summed E-state index contributed by atoms with van der Waals surface area (Å²) in [5.41, 5.74) is 2.22. The van der Waals surface area contributed by atoms with E-state index in [0.29, 0.717) is 6.04 Å². The van der Waals surface area contributed by atoms with Gasteiger partial charge in [0.25, 0.3) is 0 Å². The van der Waals surface area contributed by atoms with Crippen LogP contribution in [-0.2, 0) is 0 Å². The smallest absolute Gasteiger partial charge is 0.318 e. The largest absolute Gasteiger partial charge is 0.327 e.